The number of hydrogen-bond acceptors (Lipinski definition) is 3. The number of halogens is 2. The van der Waals surface area contributed by atoms with Crippen molar-refractivity contribution < 1.29 is 18.7 Å². The second kappa shape index (κ2) is 8.44. The predicted octanol–water partition coefficient (Wildman–Crippen LogP) is 4.29. The van der Waals surface area contributed by atoms with Crippen LogP contribution < -0.4 is 5.32 Å². The summed E-state index contributed by atoms with van der Waals surface area (Å²) >= 11 is 5.85. The van der Waals surface area contributed by atoms with Crippen LogP contribution in [-0.2, 0) is 14.3 Å². The fraction of sp³-hybridized carbons (Fsp3) is 0.158. The number of aryl methyl sites for hydroxylation is 2. The normalized spacial score (nSPS) is 10.7. The summed E-state index contributed by atoms with van der Waals surface area (Å²) in [5.41, 5.74) is 2.65. The summed E-state index contributed by atoms with van der Waals surface area (Å²) in [6, 6.07) is 9.85. The highest BCUT2D eigenvalue weighted by Gasteiger charge is 2.08. The lowest BCUT2D eigenvalue weighted by molar-refractivity contribution is -0.142. The van der Waals surface area contributed by atoms with E-state index >= 15 is 0 Å². The minimum Gasteiger partial charge on any atom is -0.452 e. The molecule has 2 rings (SSSR count). The maximum Gasteiger partial charge on any atom is 0.331 e. The molecule has 0 atom stereocenters. The molecule has 2 aromatic rings. The van der Waals surface area contributed by atoms with Crippen LogP contribution in [0.15, 0.2) is 42.5 Å². The topological polar surface area (TPSA) is 55.4 Å². The molecule has 0 saturated carbocycles. The standard InChI is InChI=1S/C19H17ClFNO3/c1-12-6-7-13(2)17(10-12)22-18(23)11-25-19(24)9-8-14-15(20)4-3-5-16(14)21/h3-10H,11H2,1-2H3,(H,22,23)/b9-8+. The van der Waals surface area contributed by atoms with Gasteiger partial charge in [0.05, 0.1) is 5.02 Å². The van der Waals surface area contributed by atoms with Crippen LogP contribution in [0, 0.1) is 19.7 Å². The van der Waals surface area contributed by atoms with Gasteiger partial charge in [0.2, 0.25) is 0 Å². The van der Waals surface area contributed by atoms with Gasteiger partial charge in [0, 0.05) is 17.3 Å². The number of hydrogen-bond donors (Lipinski definition) is 1. The number of amides is 1. The van der Waals surface area contributed by atoms with Gasteiger partial charge in [-0.1, -0.05) is 29.8 Å². The fourth-order valence-corrected chi connectivity index (χ4v) is 2.29. The van der Waals surface area contributed by atoms with E-state index in [0.717, 1.165) is 17.2 Å². The molecule has 1 N–H and O–H groups in total. The third-order valence-electron chi connectivity index (χ3n) is 3.40. The van der Waals surface area contributed by atoms with Crippen LogP contribution in [0.5, 0.6) is 0 Å². The quantitative estimate of drug-likeness (QED) is 0.638. The highest BCUT2D eigenvalue weighted by atomic mass is 35.5. The van der Waals surface area contributed by atoms with Gasteiger partial charge in [0.25, 0.3) is 5.91 Å². The van der Waals surface area contributed by atoms with E-state index in [-0.39, 0.29) is 10.6 Å². The van der Waals surface area contributed by atoms with E-state index in [0.29, 0.717) is 5.69 Å². The Morgan fingerprint density at radius 3 is 2.72 bits per heavy atom. The minimum atomic E-state index is -0.768. The zero-order valence-electron chi connectivity index (χ0n) is 13.8. The molecule has 25 heavy (non-hydrogen) atoms. The van der Waals surface area contributed by atoms with Gasteiger partial charge >= 0.3 is 5.97 Å². The van der Waals surface area contributed by atoms with Gasteiger partial charge in [-0.2, -0.15) is 0 Å². The van der Waals surface area contributed by atoms with Crippen molar-refractivity contribution in [3.8, 4) is 0 Å². The van der Waals surface area contributed by atoms with Crippen LogP contribution in [0.4, 0.5) is 10.1 Å². The molecule has 0 saturated heterocycles. The van der Waals surface area contributed by atoms with Crippen LogP contribution in [0.25, 0.3) is 6.08 Å². The number of nitrogens with one attached hydrogen (secondary N) is 1. The third-order valence-corrected chi connectivity index (χ3v) is 3.73. The monoisotopic (exact) mass is 361 g/mol. The first-order valence-corrected chi connectivity index (χ1v) is 7.90. The molecular formula is C19H17ClFNO3. The molecule has 2 aromatic carbocycles. The van der Waals surface area contributed by atoms with Crippen LogP contribution in [-0.4, -0.2) is 18.5 Å². The minimum absolute atomic E-state index is 0.0842. The molecule has 4 nitrogen and oxygen atoms in total. The molecule has 1 amide bonds. The van der Waals surface area contributed by atoms with Gasteiger partial charge in [0.15, 0.2) is 6.61 Å². The molecule has 6 heteroatoms. The molecule has 0 aliphatic rings. The maximum absolute atomic E-state index is 13.6. The third kappa shape index (κ3) is 5.43. The van der Waals surface area contributed by atoms with Crippen molar-refractivity contribution in [2.45, 2.75) is 13.8 Å². The summed E-state index contributed by atoms with van der Waals surface area (Å²) < 4.78 is 18.4. The Morgan fingerprint density at radius 1 is 1.24 bits per heavy atom. The molecule has 0 spiro atoms. The van der Waals surface area contributed by atoms with E-state index in [4.69, 9.17) is 16.3 Å². The van der Waals surface area contributed by atoms with Crippen molar-refractivity contribution in [1.29, 1.82) is 0 Å². The Labute approximate surface area is 150 Å². The van der Waals surface area contributed by atoms with Crippen LogP contribution in [0.3, 0.4) is 0 Å². The Hall–Kier alpha value is -2.66. The van der Waals surface area contributed by atoms with Crippen molar-refractivity contribution in [3.05, 3.63) is 70.0 Å². The molecule has 130 valence electrons. The molecular weight excluding hydrogens is 345 g/mol. The largest absolute Gasteiger partial charge is 0.452 e. The molecule has 0 fully saturated rings. The Bertz CT molecular complexity index is 813. The van der Waals surface area contributed by atoms with Crippen molar-refractivity contribution in [2.24, 2.45) is 0 Å². The molecule has 0 heterocycles. The summed E-state index contributed by atoms with van der Waals surface area (Å²) in [6.07, 6.45) is 2.23. The fourth-order valence-electron chi connectivity index (χ4n) is 2.06. The zero-order valence-corrected chi connectivity index (χ0v) is 14.6. The van der Waals surface area contributed by atoms with Gasteiger partial charge in [-0.3, -0.25) is 4.79 Å². The van der Waals surface area contributed by atoms with Gasteiger partial charge < -0.3 is 10.1 Å². The zero-order chi connectivity index (χ0) is 18.4. The predicted molar refractivity (Wildman–Crippen MR) is 95.9 cm³/mol. The molecule has 0 aliphatic heterocycles. The molecule has 0 bridgehead atoms. The van der Waals surface area contributed by atoms with Crippen molar-refractivity contribution >= 4 is 35.2 Å². The smallest absolute Gasteiger partial charge is 0.331 e. The van der Waals surface area contributed by atoms with Crippen LogP contribution in [0.1, 0.15) is 16.7 Å². The first kappa shape index (κ1) is 18.7. The number of ether oxygens (including phenoxy) is 1. The number of benzene rings is 2. The highest BCUT2D eigenvalue weighted by Crippen LogP contribution is 2.20. The van der Waals surface area contributed by atoms with E-state index in [1.165, 1.54) is 24.3 Å². The van der Waals surface area contributed by atoms with Crippen LogP contribution >= 0.6 is 11.6 Å². The second-order valence-electron chi connectivity index (χ2n) is 5.44. The average molecular weight is 362 g/mol. The highest BCUT2D eigenvalue weighted by molar-refractivity contribution is 6.32. The number of esters is 1. The lowest BCUT2D eigenvalue weighted by atomic mass is 10.1. The number of carbonyl (C=O) groups excluding carboxylic acids is 2. The van der Waals surface area contributed by atoms with Crippen molar-refractivity contribution in [1.82, 2.24) is 0 Å². The van der Waals surface area contributed by atoms with Crippen molar-refractivity contribution in [2.75, 3.05) is 11.9 Å². The first-order valence-electron chi connectivity index (χ1n) is 7.53. The van der Waals surface area contributed by atoms with Gasteiger partial charge in [-0.05, 0) is 49.2 Å². The number of anilines is 1. The van der Waals surface area contributed by atoms with Gasteiger partial charge in [-0.15, -0.1) is 0 Å². The molecule has 0 unspecified atom stereocenters. The average Bonchev–Trinajstić information content (AvgIpc) is 2.56. The number of rotatable bonds is 5. The molecule has 0 aromatic heterocycles. The van der Waals surface area contributed by atoms with Crippen LogP contribution in [0.2, 0.25) is 5.02 Å². The van der Waals surface area contributed by atoms with E-state index in [1.54, 1.807) is 0 Å². The van der Waals surface area contributed by atoms with E-state index < -0.39 is 24.3 Å². The van der Waals surface area contributed by atoms with Gasteiger partial charge in [-0.25, -0.2) is 9.18 Å². The van der Waals surface area contributed by atoms with Crippen molar-refractivity contribution in [3.63, 3.8) is 0 Å². The van der Waals surface area contributed by atoms with E-state index in [1.807, 2.05) is 32.0 Å². The summed E-state index contributed by atoms with van der Waals surface area (Å²) in [6.45, 7) is 3.33. The number of carbonyl (C=O) groups is 2. The maximum atomic E-state index is 13.6. The molecule has 0 radical (unpaired) electrons. The Balaban J connectivity index is 1.90. The summed E-state index contributed by atoms with van der Waals surface area (Å²) in [7, 11) is 0. The summed E-state index contributed by atoms with van der Waals surface area (Å²) in [5.74, 6) is -1.78. The SMILES string of the molecule is Cc1ccc(C)c(NC(=O)COC(=O)/C=C/c2c(F)cccc2Cl)c1. The molecule has 0 aliphatic carbocycles. The lowest BCUT2D eigenvalue weighted by Gasteiger charge is -2.09. The Morgan fingerprint density at radius 2 is 2.00 bits per heavy atom. The Kier molecular flexibility index (Phi) is 6.31. The summed E-state index contributed by atoms with van der Waals surface area (Å²) in [5, 5.41) is 2.85. The lowest BCUT2D eigenvalue weighted by Crippen LogP contribution is -2.20. The van der Waals surface area contributed by atoms with E-state index in [9.17, 15) is 14.0 Å². The summed E-state index contributed by atoms with van der Waals surface area (Å²) in [4.78, 5) is 23.5. The van der Waals surface area contributed by atoms with E-state index in [2.05, 4.69) is 5.32 Å². The first-order chi connectivity index (χ1) is 11.9. The second-order valence-corrected chi connectivity index (χ2v) is 5.85. The van der Waals surface area contributed by atoms with Gasteiger partial charge in [0.1, 0.15) is 5.82 Å².